The Morgan fingerprint density at radius 2 is 2.00 bits per heavy atom. The van der Waals surface area contributed by atoms with E-state index in [9.17, 15) is 18.0 Å². The molecule has 2 unspecified atom stereocenters. The van der Waals surface area contributed by atoms with E-state index in [2.05, 4.69) is 4.74 Å². The maximum atomic E-state index is 12.3. The van der Waals surface area contributed by atoms with E-state index >= 15 is 0 Å². The smallest absolute Gasteiger partial charge is 0.406 e. The fourth-order valence-electron chi connectivity index (χ4n) is 2.56. The minimum atomic E-state index is -4.73. The monoisotopic (exact) mass is 302 g/mol. The molecule has 0 aliphatic carbocycles. The van der Waals surface area contributed by atoms with Gasteiger partial charge in [0.15, 0.2) is 0 Å². The number of benzene rings is 1. The maximum Gasteiger partial charge on any atom is 0.573 e. The Morgan fingerprint density at radius 1 is 1.38 bits per heavy atom. The van der Waals surface area contributed by atoms with Gasteiger partial charge in [-0.2, -0.15) is 0 Å². The lowest BCUT2D eigenvalue weighted by atomic mass is 10.1. The second-order valence-electron chi connectivity index (χ2n) is 5.22. The molecule has 116 valence electrons. The number of hydrogen-bond acceptors (Lipinski definition) is 3. The van der Waals surface area contributed by atoms with E-state index in [0.29, 0.717) is 18.7 Å². The number of hydrogen-bond donors (Lipinski definition) is 1. The third kappa shape index (κ3) is 3.87. The van der Waals surface area contributed by atoms with E-state index in [0.717, 1.165) is 18.6 Å². The molecule has 1 aliphatic rings. The number of likely N-dealkylation sites (tertiary alicyclic amines) is 1. The van der Waals surface area contributed by atoms with Crippen LogP contribution in [-0.4, -0.2) is 36.3 Å². The standard InChI is InChI=1S/C14H17F3N2O2/c1-9-6-10(7-18)8-19(9)13(20)11-2-4-12(5-3-11)21-14(15,16)17/h2-5,9-10H,6-8,18H2,1H3. The normalized spacial score (nSPS) is 22.4. The van der Waals surface area contributed by atoms with E-state index in [1.165, 1.54) is 12.1 Å². The molecule has 0 spiro atoms. The first kappa shape index (κ1) is 15.6. The average molecular weight is 302 g/mol. The summed E-state index contributed by atoms with van der Waals surface area (Å²) >= 11 is 0. The summed E-state index contributed by atoms with van der Waals surface area (Å²) in [7, 11) is 0. The molecule has 0 saturated carbocycles. The highest BCUT2D eigenvalue weighted by Crippen LogP contribution is 2.26. The summed E-state index contributed by atoms with van der Waals surface area (Å²) in [5, 5.41) is 0. The molecule has 0 radical (unpaired) electrons. The molecule has 1 aromatic carbocycles. The molecule has 1 aliphatic heterocycles. The third-order valence-electron chi connectivity index (χ3n) is 3.59. The Labute approximate surface area is 120 Å². The molecule has 2 rings (SSSR count). The van der Waals surface area contributed by atoms with Crippen LogP contribution in [0.5, 0.6) is 5.75 Å². The summed E-state index contributed by atoms with van der Waals surface area (Å²) in [6.07, 6.45) is -3.89. The van der Waals surface area contributed by atoms with Crippen molar-refractivity contribution < 1.29 is 22.7 Å². The van der Waals surface area contributed by atoms with Crippen molar-refractivity contribution in [3.05, 3.63) is 29.8 Å². The summed E-state index contributed by atoms with van der Waals surface area (Å²) in [5.41, 5.74) is 5.96. The van der Waals surface area contributed by atoms with Gasteiger partial charge in [-0.3, -0.25) is 4.79 Å². The van der Waals surface area contributed by atoms with Gasteiger partial charge in [-0.25, -0.2) is 0 Å². The Balaban J connectivity index is 2.07. The fourth-order valence-corrected chi connectivity index (χ4v) is 2.56. The van der Waals surface area contributed by atoms with E-state index in [1.54, 1.807) is 4.90 Å². The van der Waals surface area contributed by atoms with E-state index < -0.39 is 6.36 Å². The van der Waals surface area contributed by atoms with E-state index in [-0.39, 0.29) is 23.6 Å². The van der Waals surface area contributed by atoms with Crippen LogP contribution in [0.1, 0.15) is 23.7 Å². The summed E-state index contributed by atoms with van der Waals surface area (Å²) in [5.74, 6) is -0.262. The average Bonchev–Trinajstić information content (AvgIpc) is 2.78. The number of ether oxygens (including phenoxy) is 1. The van der Waals surface area contributed by atoms with Crippen LogP contribution in [0.3, 0.4) is 0 Å². The molecule has 1 heterocycles. The summed E-state index contributed by atoms with van der Waals surface area (Å²) in [4.78, 5) is 14.0. The van der Waals surface area contributed by atoms with Gasteiger partial charge in [0.1, 0.15) is 5.75 Å². The van der Waals surface area contributed by atoms with Crippen molar-refractivity contribution in [2.45, 2.75) is 25.7 Å². The summed E-state index contributed by atoms with van der Waals surface area (Å²) in [6, 6.07) is 5.04. The number of amides is 1. The minimum absolute atomic E-state index is 0.0807. The lowest BCUT2D eigenvalue weighted by Gasteiger charge is -2.21. The van der Waals surface area contributed by atoms with Crippen molar-refractivity contribution in [3.63, 3.8) is 0 Å². The number of alkyl halides is 3. The Morgan fingerprint density at radius 3 is 2.48 bits per heavy atom. The van der Waals surface area contributed by atoms with Gasteiger partial charge < -0.3 is 15.4 Å². The van der Waals surface area contributed by atoms with Crippen LogP contribution in [0.25, 0.3) is 0 Å². The van der Waals surface area contributed by atoms with Gasteiger partial charge in [0.05, 0.1) is 0 Å². The van der Waals surface area contributed by atoms with Crippen LogP contribution < -0.4 is 10.5 Å². The van der Waals surface area contributed by atoms with Gasteiger partial charge in [-0.05, 0) is 50.1 Å². The minimum Gasteiger partial charge on any atom is -0.406 e. The zero-order chi connectivity index (χ0) is 15.6. The van der Waals surface area contributed by atoms with Gasteiger partial charge in [-0.15, -0.1) is 13.2 Å². The molecule has 1 aromatic rings. The molecule has 7 heteroatoms. The van der Waals surface area contributed by atoms with Gasteiger partial charge in [-0.1, -0.05) is 0 Å². The predicted molar refractivity (Wildman–Crippen MR) is 70.8 cm³/mol. The number of carbonyl (C=O) groups excluding carboxylic acids is 1. The van der Waals surface area contributed by atoms with Gasteiger partial charge in [0, 0.05) is 18.2 Å². The van der Waals surface area contributed by atoms with Crippen molar-refractivity contribution in [1.82, 2.24) is 4.90 Å². The maximum absolute atomic E-state index is 12.3. The number of halogens is 3. The number of nitrogens with two attached hydrogens (primary N) is 1. The second kappa shape index (κ2) is 5.93. The van der Waals surface area contributed by atoms with Crippen molar-refractivity contribution >= 4 is 5.91 Å². The summed E-state index contributed by atoms with van der Waals surface area (Å²) < 4.78 is 40.0. The summed E-state index contributed by atoms with van der Waals surface area (Å²) in [6.45, 7) is 3.04. The molecule has 0 aromatic heterocycles. The zero-order valence-corrected chi connectivity index (χ0v) is 11.6. The molecule has 2 N–H and O–H groups in total. The molecule has 1 fully saturated rings. The zero-order valence-electron chi connectivity index (χ0n) is 11.6. The van der Waals surface area contributed by atoms with Gasteiger partial charge in [0.25, 0.3) is 5.91 Å². The van der Waals surface area contributed by atoms with Gasteiger partial charge >= 0.3 is 6.36 Å². The lowest BCUT2D eigenvalue weighted by Crippen LogP contribution is -2.34. The highest BCUT2D eigenvalue weighted by molar-refractivity contribution is 5.94. The highest BCUT2D eigenvalue weighted by Gasteiger charge is 2.33. The predicted octanol–water partition coefficient (Wildman–Crippen LogP) is 2.39. The highest BCUT2D eigenvalue weighted by atomic mass is 19.4. The first-order valence-electron chi connectivity index (χ1n) is 6.67. The molecule has 2 atom stereocenters. The molecule has 1 saturated heterocycles. The largest absolute Gasteiger partial charge is 0.573 e. The number of carbonyl (C=O) groups is 1. The Hall–Kier alpha value is -1.76. The van der Waals surface area contributed by atoms with Crippen molar-refractivity contribution in [1.29, 1.82) is 0 Å². The lowest BCUT2D eigenvalue weighted by molar-refractivity contribution is -0.274. The van der Waals surface area contributed by atoms with Crippen LogP contribution in [-0.2, 0) is 0 Å². The molecular weight excluding hydrogens is 285 g/mol. The van der Waals surface area contributed by atoms with Crippen molar-refractivity contribution in [2.24, 2.45) is 11.7 Å². The Kier molecular flexibility index (Phi) is 4.41. The third-order valence-corrected chi connectivity index (χ3v) is 3.59. The quantitative estimate of drug-likeness (QED) is 0.933. The van der Waals surface area contributed by atoms with Gasteiger partial charge in [0.2, 0.25) is 0 Å². The molecule has 0 bridgehead atoms. The van der Waals surface area contributed by atoms with Crippen LogP contribution in [0, 0.1) is 5.92 Å². The van der Waals surface area contributed by atoms with Crippen LogP contribution in [0.4, 0.5) is 13.2 Å². The van der Waals surface area contributed by atoms with E-state index in [1.807, 2.05) is 6.92 Å². The second-order valence-corrected chi connectivity index (χ2v) is 5.22. The van der Waals surface area contributed by atoms with E-state index in [4.69, 9.17) is 5.73 Å². The van der Waals surface area contributed by atoms with Crippen LogP contribution in [0.2, 0.25) is 0 Å². The first-order valence-corrected chi connectivity index (χ1v) is 6.67. The first-order chi connectivity index (χ1) is 9.80. The van der Waals surface area contributed by atoms with Crippen molar-refractivity contribution in [3.8, 4) is 5.75 Å². The van der Waals surface area contributed by atoms with Crippen LogP contribution >= 0.6 is 0 Å². The van der Waals surface area contributed by atoms with Crippen molar-refractivity contribution in [2.75, 3.05) is 13.1 Å². The SMILES string of the molecule is CC1CC(CN)CN1C(=O)c1ccc(OC(F)(F)F)cc1. The molecule has 1 amide bonds. The topological polar surface area (TPSA) is 55.6 Å². The molecule has 21 heavy (non-hydrogen) atoms. The van der Waals surface area contributed by atoms with Crippen LogP contribution in [0.15, 0.2) is 24.3 Å². The number of rotatable bonds is 3. The molecule has 4 nitrogen and oxygen atoms in total. The molecular formula is C14H17F3N2O2. The fraction of sp³-hybridized carbons (Fsp3) is 0.500. The Bertz CT molecular complexity index is 502. The number of nitrogens with zero attached hydrogens (tertiary/aromatic N) is 1.